The Kier molecular flexibility index (Phi) is 11.3. The monoisotopic (exact) mass is 366 g/mol. The van der Waals surface area contributed by atoms with Crippen molar-refractivity contribution >= 4 is 11.9 Å². The van der Waals surface area contributed by atoms with Gasteiger partial charge in [-0.15, -0.1) is 0 Å². The van der Waals surface area contributed by atoms with E-state index in [1.165, 1.54) is 32.1 Å². The molecule has 0 saturated heterocycles. The summed E-state index contributed by atoms with van der Waals surface area (Å²) in [4.78, 5) is 23.9. The fraction of sp³-hybridized carbons (Fsp3) is 0.818. The van der Waals surface area contributed by atoms with Gasteiger partial charge < -0.3 is 9.84 Å². The number of rotatable bonds is 13. The second-order valence-electron chi connectivity index (χ2n) is 8.08. The van der Waals surface area contributed by atoms with Crippen LogP contribution in [0.1, 0.15) is 91.4 Å². The molecule has 0 fully saturated rings. The molecule has 1 N–H and O–H groups in total. The lowest BCUT2D eigenvalue weighted by Crippen LogP contribution is -2.34. The van der Waals surface area contributed by atoms with E-state index in [9.17, 15) is 14.7 Å². The van der Waals surface area contributed by atoms with Crippen LogP contribution >= 0.6 is 0 Å². The molecule has 150 valence electrons. The van der Waals surface area contributed by atoms with Gasteiger partial charge in [-0.25, -0.2) is 0 Å². The van der Waals surface area contributed by atoms with Crippen LogP contribution in [0.15, 0.2) is 12.2 Å². The van der Waals surface area contributed by atoms with Crippen molar-refractivity contribution in [1.29, 1.82) is 0 Å². The van der Waals surface area contributed by atoms with Crippen molar-refractivity contribution in [2.45, 2.75) is 97.5 Å². The Hall–Kier alpha value is -1.32. The highest BCUT2D eigenvalue weighted by Gasteiger charge is 2.35. The van der Waals surface area contributed by atoms with E-state index < -0.39 is 17.8 Å². The van der Waals surface area contributed by atoms with Crippen molar-refractivity contribution < 1.29 is 19.4 Å². The fourth-order valence-electron chi connectivity index (χ4n) is 3.64. The van der Waals surface area contributed by atoms with Crippen LogP contribution in [0.3, 0.4) is 0 Å². The van der Waals surface area contributed by atoms with Crippen molar-refractivity contribution in [3.05, 3.63) is 12.2 Å². The summed E-state index contributed by atoms with van der Waals surface area (Å²) >= 11 is 0. The van der Waals surface area contributed by atoms with Gasteiger partial charge in [-0.05, 0) is 38.0 Å². The van der Waals surface area contributed by atoms with Gasteiger partial charge in [0.05, 0.1) is 11.8 Å². The Labute approximate surface area is 159 Å². The Bertz CT molecular complexity index is 441. The first-order chi connectivity index (χ1) is 12.5. The highest BCUT2D eigenvalue weighted by Crippen LogP contribution is 2.28. The summed E-state index contributed by atoms with van der Waals surface area (Å²) in [5.41, 5.74) is 0. The molecule has 0 spiro atoms. The first-order valence-electron chi connectivity index (χ1n) is 10.5. The lowest BCUT2D eigenvalue weighted by atomic mass is 9.83. The Morgan fingerprint density at radius 3 is 2.12 bits per heavy atom. The van der Waals surface area contributed by atoms with Crippen molar-refractivity contribution in [1.82, 2.24) is 0 Å². The SMILES string of the molecule is CCCC(CCCCCCCC(C)C)OC(=O)C1CC=CCC1C(=O)O. The third-order valence-electron chi connectivity index (χ3n) is 5.25. The van der Waals surface area contributed by atoms with Gasteiger partial charge in [-0.3, -0.25) is 9.59 Å². The number of unbranched alkanes of at least 4 members (excludes halogenated alkanes) is 4. The standard InChI is InChI=1S/C22H38O4/c1-4-12-18(14-9-7-5-6-8-13-17(2)3)26-22(25)20-16-11-10-15-19(20)21(23)24/h10-11,17-20H,4-9,12-16H2,1-3H3,(H,23,24). The third-order valence-corrected chi connectivity index (χ3v) is 5.25. The highest BCUT2D eigenvalue weighted by atomic mass is 16.5. The summed E-state index contributed by atoms with van der Waals surface area (Å²) in [7, 11) is 0. The molecule has 0 heterocycles. The molecule has 1 aliphatic rings. The van der Waals surface area contributed by atoms with Gasteiger partial charge >= 0.3 is 11.9 Å². The number of carboxylic acids is 1. The highest BCUT2D eigenvalue weighted by molar-refractivity contribution is 5.81. The zero-order chi connectivity index (χ0) is 19.4. The number of carboxylic acid groups (broad SMARTS) is 1. The van der Waals surface area contributed by atoms with Crippen LogP contribution in [0.5, 0.6) is 0 Å². The maximum atomic E-state index is 12.5. The maximum Gasteiger partial charge on any atom is 0.310 e. The zero-order valence-electron chi connectivity index (χ0n) is 16.9. The van der Waals surface area contributed by atoms with Crippen LogP contribution in [0, 0.1) is 17.8 Å². The predicted octanol–water partition coefficient (Wildman–Crippen LogP) is 5.75. The van der Waals surface area contributed by atoms with E-state index in [2.05, 4.69) is 20.8 Å². The number of carbonyl (C=O) groups is 2. The number of hydrogen-bond acceptors (Lipinski definition) is 3. The van der Waals surface area contributed by atoms with E-state index >= 15 is 0 Å². The third kappa shape index (κ3) is 8.86. The molecule has 0 radical (unpaired) electrons. The van der Waals surface area contributed by atoms with Crippen LogP contribution in [-0.2, 0) is 14.3 Å². The Morgan fingerprint density at radius 1 is 0.962 bits per heavy atom. The van der Waals surface area contributed by atoms with Crippen molar-refractivity contribution in [2.24, 2.45) is 17.8 Å². The zero-order valence-corrected chi connectivity index (χ0v) is 16.9. The molecule has 0 aromatic rings. The predicted molar refractivity (Wildman–Crippen MR) is 105 cm³/mol. The average molecular weight is 367 g/mol. The number of carbonyl (C=O) groups excluding carboxylic acids is 1. The van der Waals surface area contributed by atoms with Crippen LogP contribution in [0.2, 0.25) is 0 Å². The smallest absolute Gasteiger partial charge is 0.310 e. The number of esters is 1. The molecule has 1 rings (SSSR count). The van der Waals surface area contributed by atoms with Crippen LogP contribution in [-0.4, -0.2) is 23.1 Å². The van der Waals surface area contributed by atoms with Crippen LogP contribution in [0.4, 0.5) is 0 Å². The van der Waals surface area contributed by atoms with Crippen molar-refractivity contribution in [3.63, 3.8) is 0 Å². The molecule has 0 saturated carbocycles. The van der Waals surface area contributed by atoms with Crippen LogP contribution in [0.25, 0.3) is 0 Å². The number of aliphatic carboxylic acids is 1. The molecule has 0 aromatic heterocycles. The minimum absolute atomic E-state index is 0.0662. The van der Waals surface area contributed by atoms with Gasteiger partial charge in [0.15, 0.2) is 0 Å². The van der Waals surface area contributed by atoms with Gasteiger partial charge in [0.2, 0.25) is 0 Å². The van der Waals surface area contributed by atoms with Gasteiger partial charge in [0, 0.05) is 0 Å². The van der Waals surface area contributed by atoms with Gasteiger partial charge in [0.25, 0.3) is 0 Å². The second kappa shape index (κ2) is 12.9. The first kappa shape index (κ1) is 22.7. The number of ether oxygens (including phenoxy) is 1. The molecular weight excluding hydrogens is 328 g/mol. The lowest BCUT2D eigenvalue weighted by Gasteiger charge is -2.26. The minimum Gasteiger partial charge on any atom is -0.481 e. The molecular formula is C22H38O4. The van der Waals surface area contributed by atoms with E-state index in [4.69, 9.17) is 4.74 Å². The van der Waals surface area contributed by atoms with E-state index in [0.29, 0.717) is 12.8 Å². The minimum atomic E-state index is -0.898. The number of hydrogen-bond donors (Lipinski definition) is 1. The fourth-order valence-corrected chi connectivity index (χ4v) is 3.64. The molecule has 0 bridgehead atoms. The molecule has 4 nitrogen and oxygen atoms in total. The van der Waals surface area contributed by atoms with Gasteiger partial charge in [0.1, 0.15) is 6.10 Å². The molecule has 3 atom stereocenters. The van der Waals surface area contributed by atoms with E-state index in [0.717, 1.165) is 31.6 Å². The molecule has 0 aliphatic heterocycles. The number of allylic oxidation sites excluding steroid dienone is 2. The summed E-state index contributed by atoms with van der Waals surface area (Å²) in [6.07, 6.45) is 14.7. The van der Waals surface area contributed by atoms with E-state index in [1.807, 2.05) is 12.2 Å². The summed E-state index contributed by atoms with van der Waals surface area (Å²) in [5.74, 6) is -1.61. The van der Waals surface area contributed by atoms with Crippen molar-refractivity contribution in [2.75, 3.05) is 0 Å². The molecule has 0 amide bonds. The quantitative estimate of drug-likeness (QED) is 0.256. The largest absolute Gasteiger partial charge is 0.481 e. The Balaban J connectivity index is 2.35. The van der Waals surface area contributed by atoms with E-state index in [1.54, 1.807) is 0 Å². The summed E-state index contributed by atoms with van der Waals surface area (Å²) < 4.78 is 5.73. The lowest BCUT2D eigenvalue weighted by molar-refractivity contribution is -0.162. The van der Waals surface area contributed by atoms with Gasteiger partial charge in [-0.1, -0.05) is 71.4 Å². The normalized spacial score (nSPS) is 20.9. The first-order valence-corrected chi connectivity index (χ1v) is 10.5. The second-order valence-corrected chi connectivity index (χ2v) is 8.08. The summed E-state index contributed by atoms with van der Waals surface area (Å²) in [6, 6.07) is 0. The maximum absolute atomic E-state index is 12.5. The van der Waals surface area contributed by atoms with Gasteiger partial charge in [-0.2, -0.15) is 0 Å². The van der Waals surface area contributed by atoms with Crippen molar-refractivity contribution in [3.8, 4) is 0 Å². The molecule has 0 aromatic carbocycles. The molecule has 4 heteroatoms. The molecule has 3 unspecified atom stereocenters. The Morgan fingerprint density at radius 2 is 1.54 bits per heavy atom. The molecule has 26 heavy (non-hydrogen) atoms. The van der Waals surface area contributed by atoms with Crippen LogP contribution < -0.4 is 0 Å². The average Bonchev–Trinajstić information content (AvgIpc) is 2.60. The summed E-state index contributed by atoms with van der Waals surface area (Å²) in [5, 5.41) is 9.33. The van der Waals surface area contributed by atoms with E-state index in [-0.39, 0.29) is 12.1 Å². The molecule has 1 aliphatic carbocycles. The summed E-state index contributed by atoms with van der Waals surface area (Å²) in [6.45, 7) is 6.62. The topological polar surface area (TPSA) is 63.6 Å².